The predicted octanol–water partition coefficient (Wildman–Crippen LogP) is 2.42. The molecule has 0 aliphatic heterocycles. The molecule has 2 N–H and O–H groups in total. The average molecular weight is 412 g/mol. The Labute approximate surface area is 142 Å². The van der Waals surface area contributed by atoms with E-state index < -0.39 is 0 Å². The van der Waals surface area contributed by atoms with Crippen molar-refractivity contribution in [2.24, 2.45) is 4.99 Å². The fourth-order valence-electron chi connectivity index (χ4n) is 1.51. The summed E-state index contributed by atoms with van der Waals surface area (Å²) in [5.74, 6) is 0.838. The number of nitrogens with zero attached hydrogens (tertiary/aromatic N) is 2. The Bertz CT molecular complexity index is 384. The van der Waals surface area contributed by atoms with Gasteiger partial charge in [0.05, 0.1) is 17.2 Å². The summed E-state index contributed by atoms with van der Waals surface area (Å²) in [6.45, 7) is 7.27. The lowest BCUT2D eigenvalue weighted by Crippen LogP contribution is -2.38. The van der Waals surface area contributed by atoms with Crippen LogP contribution in [0.5, 0.6) is 0 Å². The molecule has 0 atom stereocenters. The summed E-state index contributed by atoms with van der Waals surface area (Å²) < 4.78 is 5.02. The van der Waals surface area contributed by atoms with E-state index in [1.54, 1.807) is 18.4 Å². The number of aryl methyl sites for hydroxylation is 1. The molecule has 0 amide bonds. The maximum absolute atomic E-state index is 5.02. The second-order valence-electron chi connectivity index (χ2n) is 4.05. The highest BCUT2D eigenvalue weighted by molar-refractivity contribution is 14.0. The predicted molar refractivity (Wildman–Crippen MR) is 96.2 cm³/mol. The monoisotopic (exact) mass is 412 g/mol. The van der Waals surface area contributed by atoms with Crippen LogP contribution in [0.15, 0.2) is 10.4 Å². The number of guanidine groups is 1. The molecule has 0 bridgehead atoms. The quantitative estimate of drug-likeness (QED) is 0.298. The largest absolute Gasteiger partial charge is 0.385 e. The lowest BCUT2D eigenvalue weighted by atomic mass is 10.4. The molecule has 0 aliphatic rings. The van der Waals surface area contributed by atoms with Crippen LogP contribution in [-0.4, -0.2) is 37.7 Å². The molecule has 0 radical (unpaired) electrons. The fourth-order valence-corrected chi connectivity index (χ4v) is 2.24. The van der Waals surface area contributed by atoms with Gasteiger partial charge in [0.1, 0.15) is 0 Å². The van der Waals surface area contributed by atoms with Crippen molar-refractivity contribution in [3.63, 3.8) is 0 Å². The van der Waals surface area contributed by atoms with Gasteiger partial charge in [-0.3, -0.25) is 0 Å². The molecular formula is C13H25IN4OS. The number of aromatic nitrogens is 1. The van der Waals surface area contributed by atoms with Gasteiger partial charge in [-0.1, -0.05) is 6.92 Å². The molecule has 0 spiro atoms. The van der Waals surface area contributed by atoms with Gasteiger partial charge >= 0.3 is 0 Å². The van der Waals surface area contributed by atoms with Crippen molar-refractivity contribution in [1.82, 2.24) is 15.6 Å². The zero-order chi connectivity index (χ0) is 13.9. The molecule has 0 saturated heterocycles. The Hall–Kier alpha value is -0.410. The van der Waals surface area contributed by atoms with Crippen molar-refractivity contribution in [2.75, 3.05) is 26.8 Å². The Morgan fingerprint density at radius 2 is 2.20 bits per heavy atom. The number of methoxy groups -OCH3 is 1. The van der Waals surface area contributed by atoms with Crippen LogP contribution in [0.25, 0.3) is 0 Å². The van der Waals surface area contributed by atoms with E-state index in [4.69, 9.17) is 4.74 Å². The van der Waals surface area contributed by atoms with E-state index in [1.807, 2.05) is 0 Å². The number of thiazole rings is 1. The van der Waals surface area contributed by atoms with Crippen molar-refractivity contribution in [1.29, 1.82) is 0 Å². The summed E-state index contributed by atoms with van der Waals surface area (Å²) in [7, 11) is 1.72. The number of hydrogen-bond donors (Lipinski definition) is 2. The first-order valence-electron chi connectivity index (χ1n) is 6.74. The van der Waals surface area contributed by atoms with Gasteiger partial charge in [0.25, 0.3) is 0 Å². The number of hydrogen-bond acceptors (Lipinski definition) is 4. The van der Waals surface area contributed by atoms with E-state index in [0.29, 0.717) is 6.54 Å². The Morgan fingerprint density at radius 3 is 2.80 bits per heavy atom. The topological polar surface area (TPSA) is 58.5 Å². The van der Waals surface area contributed by atoms with Crippen molar-refractivity contribution in [2.45, 2.75) is 33.2 Å². The molecule has 1 aromatic heterocycles. The SMILES string of the molecule is CCNC(=NCc1csc(CC)n1)NCCCOC.I. The molecule has 5 nitrogen and oxygen atoms in total. The van der Waals surface area contributed by atoms with Gasteiger partial charge in [-0.05, 0) is 19.8 Å². The number of aliphatic imine (C=N–C) groups is 1. The highest BCUT2D eigenvalue weighted by Crippen LogP contribution is 2.10. The van der Waals surface area contributed by atoms with E-state index in [-0.39, 0.29) is 24.0 Å². The molecule has 0 saturated carbocycles. The second-order valence-corrected chi connectivity index (χ2v) is 5.00. The molecule has 0 unspecified atom stereocenters. The standard InChI is InChI=1S/C13H24N4OS.HI/c1-4-12-17-11(10-19-12)9-16-13(14-5-2)15-7-6-8-18-3;/h10H,4-9H2,1-3H3,(H2,14,15,16);1H. The maximum Gasteiger partial charge on any atom is 0.191 e. The van der Waals surface area contributed by atoms with E-state index in [2.05, 4.69) is 39.8 Å². The van der Waals surface area contributed by atoms with Crippen LogP contribution in [0.1, 0.15) is 31.0 Å². The van der Waals surface area contributed by atoms with Crippen molar-refractivity contribution >= 4 is 41.3 Å². The van der Waals surface area contributed by atoms with Crippen LogP contribution in [-0.2, 0) is 17.7 Å². The van der Waals surface area contributed by atoms with E-state index in [9.17, 15) is 0 Å². The third kappa shape index (κ3) is 8.01. The summed E-state index contributed by atoms with van der Waals surface area (Å²) in [4.78, 5) is 9.03. The maximum atomic E-state index is 5.02. The van der Waals surface area contributed by atoms with Crippen LogP contribution in [0.3, 0.4) is 0 Å². The third-order valence-corrected chi connectivity index (χ3v) is 3.50. The van der Waals surface area contributed by atoms with E-state index >= 15 is 0 Å². The van der Waals surface area contributed by atoms with Gasteiger partial charge in [0, 0.05) is 32.2 Å². The van der Waals surface area contributed by atoms with Crippen LogP contribution in [0, 0.1) is 0 Å². The molecular weight excluding hydrogens is 387 g/mol. The first-order chi connectivity index (χ1) is 9.30. The second kappa shape index (κ2) is 12.3. The van der Waals surface area contributed by atoms with E-state index in [1.165, 1.54) is 5.01 Å². The van der Waals surface area contributed by atoms with Gasteiger partial charge in [0.15, 0.2) is 5.96 Å². The summed E-state index contributed by atoms with van der Waals surface area (Å²) in [5.41, 5.74) is 1.04. The Balaban J connectivity index is 0.00000361. The first-order valence-corrected chi connectivity index (χ1v) is 7.62. The van der Waals surface area contributed by atoms with Crippen molar-refractivity contribution in [3.8, 4) is 0 Å². The lowest BCUT2D eigenvalue weighted by molar-refractivity contribution is 0.195. The Kier molecular flexibility index (Phi) is 12.1. The highest BCUT2D eigenvalue weighted by atomic mass is 127. The summed E-state index contributed by atoms with van der Waals surface area (Å²) >= 11 is 1.70. The zero-order valence-electron chi connectivity index (χ0n) is 12.4. The highest BCUT2D eigenvalue weighted by Gasteiger charge is 2.01. The summed E-state index contributed by atoms with van der Waals surface area (Å²) in [6.07, 6.45) is 1.96. The lowest BCUT2D eigenvalue weighted by Gasteiger charge is -2.10. The molecule has 1 rings (SSSR count). The number of nitrogens with one attached hydrogen (secondary N) is 2. The van der Waals surface area contributed by atoms with Crippen LogP contribution in [0.4, 0.5) is 0 Å². The molecule has 0 aromatic carbocycles. The molecule has 1 aromatic rings. The smallest absolute Gasteiger partial charge is 0.191 e. The number of halogens is 1. The molecule has 116 valence electrons. The first kappa shape index (κ1) is 19.6. The normalized spacial score (nSPS) is 11.1. The molecule has 1 heterocycles. The Morgan fingerprint density at radius 1 is 1.40 bits per heavy atom. The minimum atomic E-state index is 0. The van der Waals surface area contributed by atoms with Crippen LogP contribution >= 0.6 is 35.3 Å². The van der Waals surface area contributed by atoms with Gasteiger partial charge in [0.2, 0.25) is 0 Å². The van der Waals surface area contributed by atoms with E-state index in [0.717, 1.165) is 44.2 Å². The minimum absolute atomic E-state index is 0. The summed E-state index contributed by atoms with van der Waals surface area (Å²) in [5, 5.41) is 9.76. The fraction of sp³-hybridized carbons (Fsp3) is 0.692. The number of rotatable bonds is 8. The van der Waals surface area contributed by atoms with Crippen molar-refractivity contribution < 1.29 is 4.74 Å². The minimum Gasteiger partial charge on any atom is -0.385 e. The van der Waals surface area contributed by atoms with Gasteiger partial charge in [-0.2, -0.15) is 0 Å². The van der Waals surface area contributed by atoms with Crippen molar-refractivity contribution in [3.05, 3.63) is 16.1 Å². The van der Waals surface area contributed by atoms with Gasteiger partial charge in [-0.25, -0.2) is 9.98 Å². The third-order valence-electron chi connectivity index (χ3n) is 2.46. The molecule has 0 fully saturated rings. The molecule has 20 heavy (non-hydrogen) atoms. The van der Waals surface area contributed by atoms with Crippen LogP contribution < -0.4 is 10.6 Å². The van der Waals surface area contributed by atoms with Gasteiger partial charge < -0.3 is 15.4 Å². The number of ether oxygens (including phenoxy) is 1. The molecule has 0 aliphatic carbocycles. The van der Waals surface area contributed by atoms with Gasteiger partial charge in [-0.15, -0.1) is 35.3 Å². The van der Waals surface area contributed by atoms with Crippen LogP contribution in [0.2, 0.25) is 0 Å². The zero-order valence-corrected chi connectivity index (χ0v) is 15.6. The molecule has 7 heteroatoms. The summed E-state index contributed by atoms with van der Waals surface area (Å²) in [6, 6.07) is 0. The average Bonchev–Trinajstić information content (AvgIpc) is 2.88.